The Labute approximate surface area is 127 Å². The van der Waals surface area contributed by atoms with Crippen molar-refractivity contribution in [2.45, 2.75) is 33.0 Å². The fourth-order valence-electron chi connectivity index (χ4n) is 1.88. The summed E-state index contributed by atoms with van der Waals surface area (Å²) in [6, 6.07) is 5.64. The highest BCUT2D eigenvalue weighted by Gasteiger charge is 2.11. The predicted molar refractivity (Wildman–Crippen MR) is 81.8 cm³/mol. The number of rotatable bonds is 7. The summed E-state index contributed by atoms with van der Waals surface area (Å²) in [4.78, 5) is 15.7. The van der Waals surface area contributed by atoms with Crippen LogP contribution in [0.25, 0.3) is 0 Å². The second kappa shape index (κ2) is 7.19. The molecule has 0 aromatic carbocycles. The van der Waals surface area contributed by atoms with Crippen LogP contribution in [0.2, 0.25) is 0 Å². The maximum Gasteiger partial charge on any atom is 0.346 e. The molecule has 0 saturated carbocycles. The Hall–Kier alpha value is -1.92. The Morgan fingerprint density at radius 3 is 2.86 bits per heavy atom. The summed E-state index contributed by atoms with van der Waals surface area (Å²) in [6.07, 6.45) is 1.76. The van der Waals surface area contributed by atoms with Gasteiger partial charge < -0.3 is 15.2 Å². The molecule has 0 aliphatic heterocycles. The molecular formula is C15H18N2O3S. The van der Waals surface area contributed by atoms with Crippen molar-refractivity contribution in [1.82, 2.24) is 10.3 Å². The Balaban J connectivity index is 1.97. The number of ether oxygens (including phenoxy) is 1. The average Bonchev–Trinajstić information content (AvgIpc) is 2.88. The van der Waals surface area contributed by atoms with Crippen molar-refractivity contribution in [3.8, 4) is 5.88 Å². The number of carboxylic acids is 1. The van der Waals surface area contributed by atoms with Crippen LogP contribution in [0.5, 0.6) is 5.88 Å². The minimum Gasteiger partial charge on any atom is -0.477 e. The Morgan fingerprint density at radius 1 is 1.38 bits per heavy atom. The van der Waals surface area contributed by atoms with Gasteiger partial charge in [-0.1, -0.05) is 6.07 Å². The molecule has 2 N–H and O–H groups in total. The first-order valence-electron chi connectivity index (χ1n) is 6.69. The van der Waals surface area contributed by atoms with Gasteiger partial charge in [-0.25, -0.2) is 9.78 Å². The zero-order chi connectivity index (χ0) is 15.2. The molecule has 0 spiro atoms. The molecule has 0 saturated heterocycles. The molecule has 6 heteroatoms. The fourth-order valence-corrected chi connectivity index (χ4v) is 2.64. The van der Waals surface area contributed by atoms with Gasteiger partial charge in [0.25, 0.3) is 0 Å². The van der Waals surface area contributed by atoms with Gasteiger partial charge in [0.1, 0.15) is 4.88 Å². The van der Waals surface area contributed by atoms with Gasteiger partial charge in [0.05, 0.1) is 6.10 Å². The van der Waals surface area contributed by atoms with E-state index in [9.17, 15) is 4.79 Å². The molecule has 112 valence electrons. The van der Waals surface area contributed by atoms with E-state index in [1.54, 1.807) is 11.6 Å². The molecule has 21 heavy (non-hydrogen) atoms. The third-order valence-corrected chi connectivity index (χ3v) is 3.71. The van der Waals surface area contributed by atoms with E-state index in [1.165, 1.54) is 11.3 Å². The van der Waals surface area contributed by atoms with E-state index < -0.39 is 5.97 Å². The van der Waals surface area contributed by atoms with Gasteiger partial charge in [-0.15, -0.1) is 11.3 Å². The van der Waals surface area contributed by atoms with Crippen LogP contribution >= 0.6 is 11.3 Å². The van der Waals surface area contributed by atoms with Crippen LogP contribution in [0.15, 0.2) is 29.8 Å². The molecular weight excluding hydrogens is 288 g/mol. The summed E-state index contributed by atoms with van der Waals surface area (Å²) in [7, 11) is 0. The van der Waals surface area contributed by atoms with Crippen LogP contribution in [0.3, 0.4) is 0 Å². The van der Waals surface area contributed by atoms with Crippen LogP contribution < -0.4 is 10.1 Å². The number of hydrogen-bond acceptors (Lipinski definition) is 5. The molecule has 5 nitrogen and oxygen atoms in total. The van der Waals surface area contributed by atoms with Gasteiger partial charge in [-0.2, -0.15) is 0 Å². The number of aromatic carboxylic acids is 1. The molecule has 0 fully saturated rings. The van der Waals surface area contributed by atoms with Crippen LogP contribution in [0.4, 0.5) is 0 Å². The molecule has 2 rings (SSSR count). The molecule has 2 aromatic heterocycles. The SMILES string of the molecule is CC(C)Oc1ncccc1CNCc1ccsc1C(=O)O. The number of nitrogens with one attached hydrogen (secondary N) is 1. The molecule has 0 bridgehead atoms. The first kappa shape index (κ1) is 15.5. The summed E-state index contributed by atoms with van der Waals surface area (Å²) in [5.74, 6) is -0.268. The third-order valence-electron chi connectivity index (χ3n) is 2.77. The van der Waals surface area contributed by atoms with E-state index in [1.807, 2.05) is 32.0 Å². The summed E-state index contributed by atoms with van der Waals surface area (Å²) < 4.78 is 5.65. The normalized spacial score (nSPS) is 10.8. The minimum absolute atomic E-state index is 0.0640. The highest BCUT2D eigenvalue weighted by Crippen LogP contribution is 2.18. The van der Waals surface area contributed by atoms with Crippen molar-refractivity contribution in [1.29, 1.82) is 0 Å². The van der Waals surface area contributed by atoms with E-state index >= 15 is 0 Å². The van der Waals surface area contributed by atoms with Gasteiger partial charge in [0.2, 0.25) is 5.88 Å². The predicted octanol–water partition coefficient (Wildman–Crippen LogP) is 2.92. The first-order chi connectivity index (χ1) is 10.1. The Bertz CT molecular complexity index is 610. The molecule has 0 aliphatic rings. The number of thiophene rings is 1. The van der Waals surface area contributed by atoms with Gasteiger partial charge in [0, 0.05) is 24.8 Å². The lowest BCUT2D eigenvalue weighted by atomic mass is 10.2. The standard InChI is InChI=1S/C15H18N2O3S/c1-10(2)20-14-12(4-3-6-17-14)9-16-8-11-5-7-21-13(11)15(18)19/h3-7,10,16H,8-9H2,1-2H3,(H,18,19). The first-order valence-corrected chi connectivity index (χ1v) is 7.57. The van der Waals surface area contributed by atoms with E-state index in [0.717, 1.165) is 11.1 Å². The van der Waals surface area contributed by atoms with Gasteiger partial charge in [-0.05, 0) is 36.9 Å². The fraction of sp³-hybridized carbons (Fsp3) is 0.333. The van der Waals surface area contributed by atoms with Gasteiger partial charge in [0.15, 0.2) is 0 Å². The van der Waals surface area contributed by atoms with Crippen molar-refractivity contribution in [2.24, 2.45) is 0 Å². The molecule has 0 unspecified atom stereocenters. The lowest BCUT2D eigenvalue weighted by molar-refractivity contribution is 0.0701. The second-order valence-corrected chi connectivity index (χ2v) is 5.73. The van der Waals surface area contributed by atoms with Crippen molar-refractivity contribution < 1.29 is 14.6 Å². The van der Waals surface area contributed by atoms with E-state index in [-0.39, 0.29) is 6.10 Å². The molecule has 2 aromatic rings. The maximum absolute atomic E-state index is 11.0. The van der Waals surface area contributed by atoms with E-state index in [0.29, 0.717) is 23.8 Å². The highest BCUT2D eigenvalue weighted by molar-refractivity contribution is 7.12. The summed E-state index contributed by atoms with van der Waals surface area (Å²) in [6.45, 7) is 4.98. The van der Waals surface area contributed by atoms with Crippen LogP contribution in [-0.4, -0.2) is 22.2 Å². The van der Waals surface area contributed by atoms with E-state index in [2.05, 4.69) is 10.3 Å². The quantitative estimate of drug-likeness (QED) is 0.823. The lowest BCUT2D eigenvalue weighted by Gasteiger charge is -2.13. The number of pyridine rings is 1. The smallest absolute Gasteiger partial charge is 0.346 e. The zero-order valence-electron chi connectivity index (χ0n) is 12.0. The van der Waals surface area contributed by atoms with Crippen molar-refractivity contribution in [3.63, 3.8) is 0 Å². The van der Waals surface area contributed by atoms with Crippen LogP contribution in [0.1, 0.15) is 34.6 Å². The molecule has 2 heterocycles. The molecule has 0 atom stereocenters. The van der Waals surface area contributed by atoms with Gasteiger partial charge >= 0.3 is 5.97 Å². The Morgan fingerprint density at radius 2 is 2.14 bits per heavy atom. The minimum atomic E-state index is -0.882. The molecule has 0 radical (unpaired) electrons. The third kappa shape index (κ3) is 4.27. The Kier molecular flexibility index (Phi) is 5.30. The van der Waals surface area contributed by atoms with Crippen molar-refractivity contribution in [3.05, 3.63) is 45.8 Å². The highest BCUT2D eigenvalue weighted by atomic mass is 32.1. The number of carboxylic acid groups (broad SMARTS) is 1. The summed E-state index contributed by atoms with van der Waals surface area (Å²) in [5, 5.41) is 14.1. The number of nitrogens with zero attached hydrogens (tertiary/aromatic N) is 1. The molecule has 0 amide bonds. The average molecular weight is 306 g/mol. The van der Waals surface area contributed by atoms with Crippen molar-refractivity contribution >= 4 is 17.3 Å². The number of hydrogen-bond donors (Lipinski definition) is 2. The van der Waals surface area contributed by atoms with Crippen LogP contribution in [-0.2, 0) is 13.1 Å². The topological polar surface area (TPSA) is 71.5 Å². The lowest BCUT2D eigenvalue weighted by Crippen LogP contribution is -2.16. The molecule has 0 aliphatic carbocycles. The van der Waals surface area contributed by atoms with E-state index in [4.69, 9.17) is 9.84 Å². The summed E-state index contributed by atoms with van der Waals surface area (Å²) in [5.41, 5.74) is 1.75. The zero-order valence-corrected chi connectivity index (χ0v) is 12.8. The van der Waals surface area contributed by atoms with Crippen molar-refractivity contribution in [2.75, 3.05) is 0 Å². The maximum atomic E-state index is 11.0. The largest absolute Gasteiger partial charge is 0.477 e. The van der Waals surface area contributed by atoms with Gasteiger partial charge in [-0.3, -0.25) is 0 Å². The summed E-state index contributed by atoms with van der Waals surface area (Å²) >= 11 is 1.24. The second-order valence-electron chi connectivity index (χ2n) is 4.82. The number of aromatic nitrogens is 1. The monoisotopic (exact) mass is 306 g/mol. The van der Waals surface area contributed by atoms with Crippen LogP contribution in [0, 0.1) is 0 Å². The number of carbonyl (C=O) groups is 1.